The van der Waals surface area contributed by atoms with Gasteiger partial charge in [0.15, 0.2) is 5.13 Å². The molecule has 146 valence electrons. The third kappa shape index (κ3) is 3.61. The van der Waals surface area contributed by atoms with Crippen molar-refractivity contribution in [3.63, 3.8) is 0 Å². The molecule has 2 aromatic rings. The number of thiazole rings is 1. The highest BCUT2D eigenvalue weighted by Gasteiger charge is 2.63. The van der Waals surface area contributed by atoms with Gasteiger partial charge in [-0.15, -0.1) is 11.3 Å². The summed E-state index contributed by atoms with van der Waals surface area (Å²) in [5.74, 6) is -1.53. The summed E-state index contributed by atoms with van der Waals surface area (Å²) in [7, 11) is 0. The molecule has 1 heterocycles. The summed E-state index contributed by atoms with van der Waals surface area (Å²) in [6.07, 6.45) is 2.22. The summed E-state index contributed by atoms with van der Waals surface area (Å²) >= 11 is 1.24. The Kier molecular flexibility index (Phi) is 5.33. The lowest BCUT2D eigenvalue weighted by atomic mass is 9.54. The third-order valence-corrected chi connectivity index (χ3v) is 6.30. The van der Waals surface area contributed by atoms with Crippen molar-refractivity contribution in [2.75, 3.05) is 11.9 Å². The number of hydrogen-bond donors (Lipinski definition) is 2. The Morgan fingerprint density at radius 2 is 2.19 bits per heavy atom. The van der Waals surface area contributed by atoms with Crippen LogP contribution in [0.25, 0.3) is 0 Å². The molecule has 1 aromatic heterocycles. The topological polar surface area (TPSA) is 77.2 Å². The average Bonchev–Trinajstić information content (AvgIpc) is 3.04. The van der Waals surface area contributed by atoms with Crippen molar-refractivity contribution < 1.29 is 18.3 Å². The number of nitrogens with two attached hydrogens (primary N) is 1. The number of carbonyl (C=O) groups is 1. The number of aromatic nitrogens is 1. The van der Waals surface area contributed by atoms with Crippen LogP contribution in [0.15, 0.2) is 24.4 Å². The number of rotatable bonds is 6. The molecule has 0 radical (unpaired) electrons. The fraction of sp³-hybridized carbons (Fsp3) is 0.474. The molecule has 0 spiro atoms. The van der Waals surface area contributed by atoms with Crippen LogP contribution in [0, 0.1) is 17.0 Å². The van der Waals surface area contributed by atoms with Crippen LogP contribution in [0.1, 0.15) is 37.6 Å². The van der Waals surface area contributed by atoms with E-state index in [0.29, 0.717) is 23.7 Å². The maximum Gasteiger partial charge on any atom is 0.246 e. The van der Waals surface area contributed by atoms with Crippen molar-refractivity contribution in [1.29, 1.82) is 0 Å². The van der Waals surface area contributed by atoms with Gasteiger partial charge in [0.2, 0.25) is 5.91 Å². The molecule has 2 unspecified atom stereocenters. The molecule has 5 nitrogen and oxygen atoms in total. The zero-order chi connectivity index (χ0) is 19.8. The molecule has 0 bridgehead atoms. The zero-order valence-electron chi connectivity index (χ0n) is 15.5. The van der Waals surface area contributed by atoms with Gasteiger partial charge in [0.25, 0.3) is 0 Å². The van der Waals surface area contributed by atoms with Crippen LogP contribution in [-0.2, 0) is 16.0 Å². The number of anilines is 1. The molecule has 1 fully saturated rings. The van der Waals surface area contributed by atoms with Gasteiger partial charge in [-0.3, -0.25) is 4.79 Å². The number of benzene rings is 1. The van der Waals surface area contributed by atoms with Gasteiger partial charge >= 0.3 is 0 Å². The molecule has 3 rings (SSSR count). The SMILES string of the molecule is CCOC1CC(N)(C(=O)Nc2ncc(Cc3ccc(F)cc3F)s2)C1(C)C. The summed E-state index contributed by atoms with van der Waals surface area (Å²) in [5, 5.41) is 3.17. The number of ether oxygens (including phenoxy) is 1. The second kappa shape index (κ2) is 7.26. The lowest BCUT2D eigenvalue weighted by Crippen LogP contribution is -2.74. The first-order valence-corrected chi connectivity index (χ1v) is 9.59. The van der Waals surface area contributed by atoms with Crippen LogP contribution < -0.4 is 11.1 Å². The van der Waals surface area contributed by atoms with Gasteiger partial charge in [0.1, 0.15) is 17.2 Å². The summed E-state index contributed by atoms with van der Waals surface area (Å²) in [6, 6.07) is 3.47. The molecule has 0 saturated heterocycles. The number of nitrogens with one attached hydrogen (secondary N) is 1. The van der Waals surface area contributed by atoms with Crippen molar-refractivity contribution >= 4 is 22.4 Å². The molecule has 2 atom stereocenters. The predicted octanol–water partition coefficient (Wildman–Crippen LogP) is 3.48. The molecule has 3 N–H and O–H groups in total. The second-order valence-electron chi connectivity index (χ2n) is 7.34. The van der Waals surface area contributed by atoms with Gasteiger partial charge < -0.3 is 15.8 Å². The van der Waals surface area contributed by atoms with Crippen LogP contribution in [0.2, 0.25) is 0 Å². The highest BCUT2D eigenvalue weighted by molar-refractivity contribution is 7.15. The number of halogens is 2. The molecule has 8 heteroatoms. The van der Waals surface area contributed by atoms with E-state index in [1.807, 2.05) is 20.8 Å². The lowest BCUT2D eigenvalue weighted by Gasteiger charge is -2.57. The van der Waals surface area contributed by atoms with Gasteiger partial charge in [-0.2, -0.15) is 0 Å². The van der Waals surface area contributed by atoms with Gasteiger partial charge in [0.05, 0.1) is 6.10 Å². The largest absolute Gasteiger partial charge is 0.378 e. The first-order valence-electron chi connectivity index (χ1n) is 8.78. The number of nitrogens with zero attached hydrogens (tertiary/aromatic N) is 1. The van der Waals surface area contributed by atoms with Crippen LogP contribution in [0.3, 0.4) is 0 Å². The Morgan fingerprint density at radius 3 is 2.81 bits per heavy atom. The molecular formula is C19H23F2N3O2S. The minimum Gasteiger partial charge on any atom is -0.378 e. The van der Waals surface area contributed by atoms with E-state index in [4.69, 9.17) is 10.5 Å². The van der Waals surface area contributed by atoms with Gasteiger partial charge in [0, 0.05) is 42.0 Å². The predicted molar refractivity (Wildman–Crippen MR) is 101 cm³/mol. The Labute approximate surface area is 160 Å². The van der Waals surface area contributed by atoms with E-state index in [-0.39, 0.29) is 18.4 Å². The van der Waals surface area contributed by atoms with Crippen LogP contribution >= 0.6 is 11.3 Å². The lowest BCUT2D eigenvalue weighted by molar-refractivity contribution is -0.166. The Bertz CT molecular complexity index is 855. The van der Waals surface area contributed by atoms with Crippen LogP contribution in [0.5, 0.6) is 0 Å². The maximum absolute atomic E-state index is 13.8. The molecule has 27 heavy (non-hydrogen) atoms. The fourth-order valence-corrected chi connectivity index (χ4v) is 4.16. The highest BCUT2D eigenvalue weighted by Crippen LogP contribution is 2.50. The average molecular weight is 395 g/mol. The van der Waals surface area contributed by atoms with Crippen LogP contribution in [0.4, 0.5) is 13.9 Å². The monoisotopic (exact) mass is 395 g/mol. The van der Waals surface area contributed by atoms with Crippen molar-refractivity contribution in [3.8, 4) is 0 Å². The maximum atomic E-state index is 13.8. The van der Waals surface area contributed by atoms with Crippen molar-refractivity contribution in [2.24, 2.45) is 11.1 Å². The first-order chi connectivity index (χ1) is 12.7. The fourth-order valence-electron chi connectivity index (χ4n) is 3.33. The molecular weight excluding hydrogens is 372 g/mol. The summed E-state index contributed by atoms with van der Waals surface area (Å²) in [5.41, 5.74) is 5.19. The Hall–Kier alpha value is -1.90. The standard InChI is InChI=1S/C19H23F2N3O2S/c1-4-26-15-9-19(22,18(15,2)3)16(25)24-17-23-10-13(27-17)7-11-5-6-12(20)8-14(11)21/h5-6,8,10,15H,4,7,9,22H2,1-3H3,(H,23,24,25). The summed E-state index contributed by atoms with van der Waals surface area (Å²) < 4.78 is 32.4. The Balaban J connectivity index is 1.66. The first kappa shape index (κ1) is 19.9. The minimum atomic E-state index is -1.04. The van der Waals surface area contributed by atoms with E-state index >= 15 is 0 Å². The summed E-state index contributed by atoms with van der Waals surface area (Å²) in [6.45, 7) is 6.32. The number of carbonyl (C=O) groups excluding carboxylic acids is 1. The van der Waals surface area contributed by atoms with Crippen molar-refractivity contribution in [2.45, 2.75) is 45.3 Å². The van der Waals surface area contributed by atoms with E-state index in [0.717, 1.165) is 10.9 Å². The van der Waals surface area contributed by atoms with Gasteiger partial charge in [-0.05, 0) is 18.6 Å². The normalized spacial score (nSPS) is 23.7. The second-order valence-corrected chi connectivity index (χ2v) is 8.45. The van der Waals surface area contributed by atoms with E-state index in [2.05, 4.69) is 10.3 Å². The smallest absolute Gasteiger partial charge is 0.246 e. The van der Waals surface area contributed by atoms with Gasteiger partial charge in [-0.1, -0.05) is 19.9 Å². The molecule has 1 aliphatic carbocycles. The highest BCUT2D eigenvalue weighted by atomic mass is 32.1. The Morgan fingerprint density at radius 1 is 1.44 bits per heavy atom. The van der Waals surface area contributed by atoms with Crippen molar-refractivity contribution in [1.82, 2.24) is 4.98 Å². The third-order valence-electron chi connectivity index (χ3n) is 5.39. The molecule has 1 saturated carbocycles. The summed E-state index contributed by atoms with van der Waals surface area (Å²) in [4.78, 5) is 17.6. The number of hydrogen-bond acceptors (Lipinski definition) is 5. The van der Waals surface area contributed by atoms with Gasteiger partial charge in [-0.25, -0.2) is 13.8 Å². The quantitative estimate of drug-likeness (QED) is 0.785. The van der Waals surface area contributed by atoms with E-state index < -0.39 is 22.6 Å². The van der Waals surface area contributed by atoms with E-state index in [1.165, 1.54) is 23.5 Å². The van der Waals surface area contributed by atoms with Crippen molar-refractivity contribution in [3.05, 3.63) is 46.5 Å². The van der Waals surface area contributed by atoms with E-state index in [9.17, 15) is 13.6 Å². The zero-order valence-corrected chi connectivity index (χ0v) is 16.3. The van der Waals surface area contributed by atoms with Crippen LogP contribution in [-0.4, -0.2) is 29.1 Å². The molecule has 1 aliphatic rings. The van der Waals surface area contributed by atoms with E-state index in [1.54, 1.807) is 6.20 Å². The molecule has 1 amide bonds. The molecule has 1 aromatic carbocycles. The number of amides is 1. The molecule has 0 aliphatic heterocycles. The minimum absolute atomic E-state index is 0.0634.